The van der Waals surface area contributed by atoms with Crippen LogP contribution in [0.1, 0.15) is 26.7 Å². The van der Waals surface area contributed by atoms with Crippen LogP contribution >= 0.6 is 0 Å². The monoisotopic (exact) mass is 257 g/mol. The molecule has 1 fully saturated rings. The molecule has 2 unspecified atom stereocenters. The van der Waals surface area contributed by atoms with Crippen LogP contribution in [0, 0.1) is 0 Å². The lowest BCUT2D eigenvalue weighted by molar-refractivity contribution is -0.141. The minimum Gasteiger partial charge on any atom is -0.480 e. The van der Waals surface area contributed by atoms with E-state index in [9.17, 15) is 9.59 Å². The first-order valence-electron chi connectivity index (χ1n) is 6.34. The second-order valence-corrected chi connectivity index (χ2v) is 5.00. The van der Waals surface area contributed by atoms with E-state index < -0.39 is 12.0 Å². The van der Waals surface area contributed by atoms with Gasteiger partial charge >= 0.3 is 5.97 Å². The van der Waals surface area contributed by atoms with Gasteiger partial charge in [-0.2, -0.15) is 0 Å². The first-order chi connectivity index (χ1) is 8.41. The third kappa shape index (κ3) is 5.01. The fourth-order valence-electron chi connectivity index (χ4n) is 1.87. The molecule has 0 aliphatic heterocycles. The Morgan fingerprint density at radius 1 is 1.39 bits per heavy atom. The Labute approximate surface area is 108 Å². The van der Waals surface area contributed by atoms with Crippen molar-refractivity contribution in [1.82, 2.24) is 15.5 Å². The van der Waals surface area contributed by atoms with Crippen LogP contribution in [0.15, 0.2) is 0 Å². The van der Waals surface area contributed by atoms with Gasteiger partial charge in [-0.25, -0.2) is 4.79 Å². The van der Waals surface area contributed by atoms with Crippen molar-refractivity contribution in [3.05, 3.63) is 0 Å². The Morgan fingerprint density at radius 2 is 2.00 bits per heavy atom. The Bertz CT molecular complexity index is 305. The van der Waals surface area contributed by atoms with Crippen LogP contribution < -0.4 is 10.6 Å². The maximum Gasteiger partial charge on any atom is 0.327 e. The lowest BCUT2D eigenvalue weighted by Gasteiger charge is -2.25. The Balaban J connectivity index is 2.24. The number of rotatable bonds is 8. The predicted octanol–water partition coefficient (Wildman–Crippen LogP) is -0.352. The van der Waals surface area contributed by atoms with Crippen molar-refractivity contribution < 1.29 is 14.7 Å². The van der Waals surface area contributed by atoms with Gasteiger partial charge in [0.15, 0.2) is 0 Å². The van der Waals surface area contributed by atoms with Crippen molar-refractivity contribution in [2.45, 2.75) is 44.8 Å². The van der Waals surface area contributed by atoms with Crippen molar-refractivity contribution in [1.29, 1.82) is 0 Å². The standard InChI is InChI=1S/C12H23N3O3/c1-8(15(3)10-4-5-10)6-13-7-11(12(17)18)14-9(2)16/h8,10-11,13H,4-7H2,1-3H3,(H,14,16)(H,17,18). The third-order valence-corrected chi connectivity index (χ3v) is 3.28. The minimum atomic E-state index is -1.01. The normalized spacial score (nSPS) is 18.4. The molecule has 18 heavy (non-hydrogen) atoms. The van der Waals surface area contributed by atoms with Crippen molar-refractivity contribution in [2.75, 3.05) is 20.1 Å². The molecule has 1 rings (SSSR count). The minimum absolute atomic E-state index is 0.248. The number of carbonyl (C=O) groups excluding carboxylic acids is 1. The first kappa shape index (κ1) is 14.9. The summed E-state index contributed by atoms with van der Waals surface area (Å²) in [5.74, 6) is -1.34. The van der Waals surface area contributed by atoms with E-state index in [2.05, 4.69) is 29.5 Å². The van der Waals surface area contributed by atoms with E-state index in [1.165, 1.54) is 19.8 Å². The molecule has 0 aromatic rings. The van der Waals surface area contributed by atoms with Gasteiger partial charge in [0.1, 0.15) is 6.04 Å². The van der Waals surface area contributed by atoms with Gasteiger partial charge in [-0.05, 0) is 26.8 Å². The maximum atomic E-state index is 10.9. The fourth-order valence-corrected chi connectivity index (χ4v) is 1.87. The number of hydrogen-bond donors (Lipinski definition) is 3. The average molecular weight is 257 g/mol. The molecule has 104 valence electrons. The molecule has 0 heterocycles. The second-order valence-electron chi connectivity index (χ2n) is 5.00. The maximum absolute atomic E-state index is 10.9. The van der Waals surface area contributed by atoms with Crippen molar-refractivity contribution in [3.8, 4) is 0 Å². The van der Waals surface area contributed by atoms with E-state index in [-0.39, 0.29) is 12.5 Å². The molecule has 0 spiro atoms. The van der Waals surface area contributed by atoms with Crippen LogP contribution in [-0.2, 0) is 9.59 Å². The lowest BCUT2D eigenvalue weighted by Crippen LogP contribution is -2.49. The highest BCUT2D eigenvalue weighted by molar-refractivity contribution is 5.82. The molecule has 2 atom stereocenters. The summed E-state index contributed by atoms with van der Waals surface area (Å²) >= 11 is 0. The number of carbonyl (C=O) groups is 2. The van der Waals surface area contributed by atoms with E-state index in [0.29, 0.717) is 12.1 Å². The zero-order valence-corrected chi connectivity index (χ0v) is 11.3. The van der Waals surface area contributed by atoms with Crippen LogP contribution in [0.4, 0.5) is 0 Å². The molecule has 6 heteroatoms. The summed E-state index contributed by atoms with van der Waals surface area (Å²) in [6.07, 6.45) is 2.51. The summed E-state index contributed by atoms with van der Waals surface area (Å²) in [6.45, 7) is 4.40. The van der Waals surface area contributed by atoms with Gasteiger partial charge in [-0.1, -0.05) is 0 Å². The third-order valence-electron chi connectivity index (χ3n) is 3.28. The first-order valence-corrected chi connectivity index (χ1v) is 6.34. The van der Waals surface area contributed by atoms with E-state index in [0.717, 1.165) is 6.54 Å². The Hall–Kier alpha value is -1.14. The van der Waals surface area contributed by atoms with E-state index in [1.807, 2.05) is 0 Å². The number of nitrogens with zero attached hydrogens (tertiary/aromatic N) is 1. The number of carboxylic acid groups (broad SMARTS) is 1. The fraction of sp³-hybridized carbons (Fsp3) is 0.833. The molecule has 0 bridgehead atoms. The number of aliphatic carboxylic acids is 1. The van der Waals surface area contributed by atoms with Crippen LogP contribution in [0.2, 0.25) is 0 Å². The van der Waals surface area contributed by atoms with E-state index in [1.54, 1.807) is 0 Å². The number of carboxylic acids is 1. The van der Waals surface area contributed by atoms with E-state index >= 15 is 0 Å². The summed E-state index contributed by atoms with van der Waals surface area (Å²) in [4.78, 5) is 24.1. The molecular formula is C12H23N3O3. The lowest BCUT2D eigenvalue weighted by atomic mass is 10.2. The molecule has 1 aliphatic carbocycles. The molecule has 1 saturated carbocycles. The zero-order valence-electron chi connectivity index (χ0n) is 11.3. The van der Waals surface area contributed by atoms with Crippen LogP contribution in [-0.4, -0.2) is 60.1 Å². The van der Waals surface area contributed by atoms with Crippen molar-refractivity contribution in [2.24, 2.45) is 0 Å². The van der Waals surface area contributed by atoms with Crippen LogP contribution in [0.3, 0.4) is 0 Å². The summed E-state index contributed by atoms with van der Waals surface area (Å²) in [5, 5.41) is 14.4. The molecule has 1 amide bonds. The zero-order chi connectivity index (χ0) is 13.7. The highest BCUT2D eigenvalue weighted by Crippen LogP contribution is 2.26. The number of amides is 1. The van der Waals surface area contributed by atoms with Crippen LogP contribution in [0.5, 0.6) is 0 Å². The van der Waals surface area contributed by atoms with Gasteiger partial charge in [-0.3, -0.25) is 9.69 Å². The topological polar surface area (TPSA) is 81.7 Å². The van der Waals surface area contributed by atoms with Gasteiger partial charge in [0, 0.05) is 32.1 Å². The smallest absolute Gasteiger partial charge is 0.327 e. The molecule has 6 nitrogen and oxygen atoms in total. The number of likely N-dealkylation sites (N-methyl/N-ethyl adjacent to an activating group) is 1. The largest absolute Gasteiger partial charge is 0.480 e. The molecule has 0 aromatic heterocycles. The summed E-state index contributed by atoms with van der Waals surface area (Å²) < 4.78 is 0. The Morgan fingerprint density at radius 3 is 2.44 bits per heavy atom. The van der Waals surface area contributed by atoms with Gasteiger partial charge in [0.2, 0.25) is 5.91 Å². The van der Waals surface area contributed by atoms with Gasteiger partial charge in [-0.15, -0.1) is 0 Å². The number of hydrogen-bond acceptors (Lipinski definition) is 4. The van der Waals surface area contributed by atoms with Gasteiger partial charge in [0.05, 0.1) is 0 Å². The Kier molecular flexibility index (Phi) is 5.55. The average Bonchev–Trinajstić information content (AvgIpc) is 3.09. The van der Waals surface area contributed by atoms with Crippen LogP contribution in [0.25, 0.3) is 0 Å². The van der Waals surface area contributed by atoms with Crippen molar-refractivity contribution >= 4 is 11.9 Å². The highest BCUT2D eigenvalue weighted by atomic mass is 16.4. The van der Waals surface area contributed by atoms with Gasteiger partial charge < -0.3 is 15.7 Å². The molecule has 1 aliphatic rings. The molecular weight excluding hydrogens is 234 g/mol. The second kappa shape index (κ2) is 6.70. The molecule has 3 N–H and O–H groups in total. The summed E-state index contributed by atoms with van der Waals surface area (Å²) in [7, 11) is 2.09. The van der Waals surface area contributed by atoms with Crippen molar-refractivity contribution in [3.63, 3.8) is 0 Å². The molecule has 0 radical (unpaired) electrons. The molecule has 0 saturated heterocycles. The predicted molar refractivity (Wildman–Crippen MR) is 68.4 cm³/mol. The highest BCUT2D eigenvalue weighted by Gasteiger charge is 2.29. The van der Waals surface area contributed by atoms with E-state index in [4.69, 9.17) is 5.11 Å². The number of nitrogens with one attached hydrogen (secondary N) is 2. The quantitative estimate of drug-likeness (QED) is 0.553. The SMILES string of the molecule is CC(=O)NC(CNCC(C)N(C)C1CC1)C(=O)O. The summed E-state index contributed by atoms with van der Waals surface area (Å²) in [6, 6.07) is 0.192. The molecule has 0 aromatic carbocycles. The summed E-state index contributed by atoms with van der Waals surface area (Å²) in [5.41, 5.74) is 0. The van der Waals surface area contributed by atoms with Gasteiger partial charge in [0.25, 0.3) is 0 Å².